The Morgan fingerprint density at radius 2 is 1.94 bits per heavy atom. The summed E-state index contributed by atoms with van der Waals surface area (Å²) in [7, 11) is 0. The average Bonchev–Trinajstić information content (AvgIpc) is 2.27. The van der Waals surface area contributed by atoms with E-state index in [0.29, 0.717) is 18.4 Å². The van der Waals surface area contributed by atoms with Gasteiger partial charge < -0.3 is 11.1 Å². The lowest BCUT2D eigenvalue weighted by molar-refractivity contribution is -0.122. The number of nitrogens with two attached hydrogens (primary N) is 1. The third kappa shape index (κ3) is 4.97. The van der Waals surface area contributed by atoms with Gasteiger partial charge in [0.15, 0.2) is 0 Å². The normalized spacial score (nSPS) is 21.4. The summed E-state index contributed by atoms with van der Waals surface area (Å²) in [6.45, 7) is 4.08. The summed E-state index contributed by atoms with van der Waals surface area (Å²) in [5, 5.41) is 3.11. The van der Waals surface area contributed by atoms with Crippen LogP contribution in [0.2, 0.25) is 0 Å². The SMILES string of the molecule is CC(N)CCC(=O)NC(C)C1CCCCC1. The maximum atomic E-state index is 11.6. The molecule has 3 N–H and O–H groups in total. The molecule has 16 heavy (non-hydrogen) atoms. The van der Waals surface area contributed by atoms with Gasteiger partial charge >= 0.3 is 0 Å². The van der Waals surface area contributed by atoms with Crippen LogP contribution in [0.15, 0.2) is 0 Å². The molecule has 1 amide bonds. The van der Waals surface area contributed by atoms with E-state index in [1.807, 2.05) is 6.92 Å². The highest BCUT2D eigenvalue weighted by Crippen LogP contribution is 2.26. The molecule has 0 aromatic rings. The van der Waals surface area contributed by atoms with E-state index < -0.39 is 0 Å². The van der Waals surface area contributed by atoms with Crippen molar-refractivity contribution < 1.29 is 4.79 Å². The zero-order valence-corrected chi connectivity index (χ0v) is 10.7. The fraction of sp³-hybridized carbons (Fsp3) is 0.923. The van der Waals surface area contributed by atoms with Crippen molar-refractivity contribution in [2.75, 3.05) is 0 Å². The van der Waals surface area contributed by atoms with Gasteiger partial charge in [-0.2, -0.15) is 0 Å². The van der Waals surface area contributed by atoms with Crippen molar-refractivity contribution in [1.82, 2.24) is 5.32 Å². The van der Waals surface area contributed by atoms with Crippen molar-refractivity contribution in [2.45, 2.75) is 70.9 Å². The van der Waals surface area contributed by atoms with Gasteiger partial charge in [0.05, 0.1) is 0 Å². The molecule has 0 spiro atoms. The Morgan fingerprint density at radius 3 is 2.50 bits per heavy atom. The van der Waals surface area contributed by atoms with Crippen LogP contribution in [0.5, 0.6) is 0 Å². The molecule has 1 saturated carbocycles. The minimum Gasteiger partial charge on any atom is -0.353 e. The van der Waals surface area contributed by atoms with Crippen LogP contribution in [0, 0.1) is 5.92 Å². The fourth-order valence-electron chi connectivity index (χ4n) is 2.44. The van der Waals surface area contributed by atoms with Gasteiger partial charge in [0.1, 0.15) is 0 Å². The fourth-order valence-corrected chi connectivity index (χ4v) is 2.44. The second kappa shape index (κ2) is 6.89. The molecule has 2 unspecified atom stereocenters. The lowest BCUT2D eigenvalue weighted by atomic mass is 9.84. The maximum absolute atomic E-state index is 11.6. The van der Waals surface area contributed by atoms with Gasteiger partial charge in [-0.3, -0.25) is 4.79 Å². The molecule has 0 aromatic heterocycles. The van der Waals surface area contributed by atoms with E-state index in [-0.39, 0.29) is 11.9 Å². The van der Waals surface area contributed by atoms with Crippen LogP contribution in [0.3, 0.4) is 0 Å². The predicted molar refractivity (Wildman–Crippen MR) is 67.1 cm³/mol. The molecule has 2 atom stereocenters. The molecule has 1 aliphatic carbocycles. The largest absolute Gasteiger partial charge is 0.353 e. The van der Waals surface area contributed by atoms with Crippen LogP contribution in [0.4, 0.5) is 0 Å². The molecule has 3 nitrogen and oxygen atoms in total. The molecular formula is C13H26N2O. The van der Waals surface area contributed by atoms with Crippen molar-refractivity contribution >= 4 is 5.91 Å². The smallest absolute Gasteiger partial charge is 0.220 e. The van der Waals surface area contributed by atoms with Crippen molar-refractivity contribution in [3.63, 3.8) is 0 Å². The van der Waals surface area contributed by atoms with E-state index in [0.717, 1.165) is 6.42 Å². The first kappa shape index (κ1) is 13.5. The first-order chi connectivity index (χ1) is 7.59. The lowest BCUT2D eigenvalue weighted by Crippen LogP contribution is -2.39. The Morgan fingerprint density at radius 1 is 1.31 bits per heavy atom. The number of carbonyl (C=O) groups is 1. The number of hydrogen-bond acceptors (Lipinski definition) is 2. The molecule has 0 aliphatic heterocycles. The van der Waals surface area contributed by atoms with Crippen LogP contribution in [-0.4, -0.2) is 18.0 Å². The van der Waals surface area contributed by atoms with Gasteiger partial charge in [-0.25, -0.2) is 0 Å². The van der Waals surface area contributed by atoms with Gasteiger partial charge in [-0.1, -0.05) is 19.3 Å². The monoisotopic (exact) mass is 226 g/mol. The zero-order chi connectivity index (χ0) is 12.0. The minimum atomic E-state index is 0.121. The number of hydrogen-bond donors (Lipinski definition) is 2. The number of amides is 1. The van der Waals surface area contributed by atoms with Crippen LogP contribution in [0.25, 0.3) is 0 Å². The second-order valence-corrected chi connectivity index (χ2v) is 5.27. The van der Waals surface area contributed by atoms with E-state index in [1.54, 1.807) is 0 Å². The van der Waals surface area contributed by atoms with E-state index in [4.69, 9.17) is 5.73 Å². The van der Waals surface area contributed by atoms with Crippen molar-refractivity contribution in [3.8, 4) is 0 Å². The summed E-state index contributed by atoms with van der Waals surface area (Å²) < 4.78 is 0. The van der Waals surface area contributed by atoms with Gasteiger partial charge in [-0.15, -0.1) is 0 Å². The molecule has 1 aliphatic rings. The molecule has 0 heterocycles. The van der Waals surface area contributed by atoms with Crippen molar-refractivity contribution in [1.29, 1.82) is 0 Å². The summed E-state index contributed by atoms with van der Waals surface area (Å²) in [4.78, 5) is 11.6. The van der Waals surface area contributed by atoms with E-state index >= 15 is 0 Å². The van der Waals surface area contributed by atoms with Crippen LogP contribution in [-0.2, 0) is 4.79 Å². The van der Waals surface area contributed by atoms with Crippen LogP contribution in [0.1, 0.15) is 58.8 Å². The molecule has 0 aromatic carbocycles. The molecule has 1 rings (SSSR count). The summed E-state index contributed by atoms with van der Waals surface area (Å²) >= 11 is 0. The number of rotatable bonds is 5. The standard InChI is InChI=1S/C13H26N2O/c1-10(14)8-9-13(16)15-11(2)12-6-4-3-5-7-12/h10-12H,3-9,14H2,1-2H3,(H,15,16). The third-order valence-electron chi connectivity index (χ3n) is 3.57. The highest BCUT2D eigenvalue weighted by atomic mass is 16.1. The Bertz CT molecular complexity index is 210. The quantitative estimate of drug-likeness (QED) is 0.755. The molecule has 0 saturated heterocycles. The topological polar surface area (TPSA) is 55.1 Å². The van der Waals surface area contributed by atoms with E-state index in [2.05, 4.69) is 12.2 Å². The van der Waals surface area contributed by atoms with Gasteiger partial charge in [0.2, 0.25) is 5.91 Å². The van der Waals surface area contributed by atoms with E-state index in [1.165, 1.54) is 32.1 Å². The van der Waals surface area contributed by atoms with Gasteiger partial charge in [-0.05, 0) is 39.0 Å². The Labute approximate surface area is 99.2 Å². The molecule has 0 bridgehead atoms. The van der Waals surface area contributed by atoms with Crippen LogP contribution >= 0.6 is 0 Å². The Kier molecular flexibility index (Phi) is 5.81. The Balaban J connectivity index is 2.21. The highest BCUT2D eigenvalue weighted by molar-refractivity contribution is 5.76. The second-order valence-electron chi connectivity index (χ2n) is 5.27. The van der Waals surface area contributed by atoms with Gasteiger partial charge in [0.25, 0.3) is 0 Å². The summed E-state index contributed by atoms with van der Waals surface area (Å²) in [6.07, 6.45) is 7.90. The minimum absolute atomic E-state index is 0.121. The molecule has 0 radical (unpaired) electrons. The summed E-state index contributed by atoms with van der Waals surface area (Å²) in [5.74, 6) is 0.850. The van der Waals surface area contributed by atoms with Crippen molar-refractivity contribution in [2.24, 2.45) is 11.7 Å². The number of carbonyl (C=O) groups excluding carboxylic acids is 1. The Hall–Kier alpha value is -0.570. The third-order valence-corrected chi connectivity index (χ3v) is 3.57. The molecular weight excluding hydrogens is 200 g/mol. The van der Waals surface area contributed by atoms with E-state index in [9.17, 15) is 4.79 Å². The lowest BCUT2D eigenvalue weighted by Gasteiger charge is -2.28. The number of nitrogens with one attached hydrogen (secondary N) is 1. The first-order valence-corrected chi connectivity index (χ1v) is 6.64. The molecule has 1 fully saturated rings. The average molecular weight is 226 g/mol. The molecule has 3 heteroatoms. The highest BCUT2D eigenvalue weighted by Gasteiger charge is 2.21. The van der Waals surface area contributed by atoms with Crippen LogP contribution < -0.4 is 11.1 Å². The van der Waals surface area contributed by atoms with Gasteiger partial charge in [0, 0.05) is 18.5 Å². The summed E-state index contributed by atoms with van der Waals surface area (Å²) in [5.41, 5.74) is 5.63. The first-order valence-electron chi connectivity index (χ1n) is 6.64. The maximum Gasteiger partial charge on any atom is 0.220 e. The predicted octanol–water partition coefficient (Wildman–Crippen LogP) is 2.20. The summed E-state index contributed by atoms with van der Waals surface area (Å²) in [6, 6.07) is 0.455. The van der Waals surface area contributed by atoms with Crippen molar-refractivity contribution in [3.05, 3.63) is 0 Å². The molecule has 94 valence electrons. The zero-order valence-electron chi connectivity index (χ0n) is 10.7.